The fourth-order valence-electron chi connectivity index (χ4n) is 2.21. The number of carboxylic acids is 1. The first kappa shape index (κ1) is 15.4. The minimum absolute atomic E-state index is 0.135. The molecule has 0 radical (unpaired) electrons. The smallest absolute Gasteiger partial charge is 0.407 e. The lowest BCUT2D eigenvalue weighted by Crippen LogP contribution is -2.32. The molecular formula is C16H21NO4. The second kappa shape index (κ2) is 5.76. The van der Waals surface area contributed by atoms with Crippen LogP contribution < -0.4 is 5.32 Å². The van der Waals surface area contributed by atoms with Crippen LogP contribution in [0.15, 0.2) is 24.3 Å². The number of carbonyl (C=O) groups excluding carboxylic acids is 1. The first-order chi connectivity index (χ1) is 9.76. The van der Waals surface area contributed by atoms with E-state index in [0.29, 0.717) is 13.0 Å². The maximum atomic E-state index is 11.5. The molecular weight excluding hydrogens is 270 g/mol. The molecule has 0 saturated heterocycles. The van der Waals surface area contributed by atoms with Crippen LogP contribution in [0.1, 0.15) is 44.2 Å². The Hall–Kier alpha value is -2.04. The summed E-state index contributed by atoms with van der Waals surface area (Å²) in [5, 5.41) is 11.6. The number of benzene rings is 1. The Morgan fingerprint density at radius 1 is 1.29 bits per heavy atom. The number of alkyl carbamates (subject to hydrolysis) is 1. The van der Waals surface area contributed by atoms with Gasteiger partial charge in [-0.15, -0.1) is 0 Å². The molecule has 2 rings (SSSR count). The Morgan fingerprint density at radius 2 is 1.90 bits per heavy atom. The third-order valence-corrected chi connectivity index (χ3v) is 3.35. The number of rotatable bonds is 4. The van der Waals surface area contributed by atoms with E-state index in [0.717, 1.165) is 11.1 Å². The van der Waals surface area contributed by atoms with Crippen LogP contribution >= 0.6 is 0 Å². The van der Waals surface area contributed by atoms with Gasteiger partial charge in [0.05, 0.1) is 5.92 Å². The monoisotopic (exact) mass is 291 g/mol. The highest BCUT2D eigenvalue weighted by Crippen LogP contribution is 2.47. The molecule has 2 atom stereocenters. The summed E-state index contributed by atoms with van der Waals surface area (Å²) in [5.41, 5.74) is 1.49. The van der Waals surface area contributed by atoms with Crippen molar-refractivity contribution in [3.05, 3.63) is 35.4 Å². The molecule has 0 unspecified atom stereocenters. The van der Waals surface area contributed by atoms with Gasteiger partial charge in [0.1, 0.15) is 5.60 Å². The van der Waals surface area contributed by atoms with Gasteiger partial charge in [-0.05, 0) is 44.2 Å². The van der Waals surface area contributed by atoms with Gasteiger partial charge in [0.25, 0.3) is 0 Å². The van der Waals surface area contributed by atoms with Crippen LogP contribution in [0, 0.1) is 5.92 Å². The number of amides is 1. The van der Waals surface area contributed by atoms with Gasteiger partial charge in [-0.2, -0.15) is 0 Å². The molecule has 21 heavy (non-hydrogen) atoms. The number of ether oxygens (including phenoxy) is 1. The largest absolute Gasteiger partial charge is 0.481 e. The van der Waals surface area contributed by atoms with Gasteiger partial charge in [0.2, 0.25) is 0 Å². The van der Waals surface area contributed by atoms with Gasteiger partial charge in [-0.25, -0.2) is 4.79 Å². The molecule has 1 aliphatic carbocycles. The standard InChI is InChI=1S/C16H21NO4/c1-16(2,3)21-15(20)17-9-10-4-6-11(7-5-10)12-8-13(12)14(18)19/h4-7,12-13H,8-9H2,1-3H3,(H,17,20)(H,18,19)/t12-,13+/m0/s1. The Kier molecular flexibility index (Phi) is 4.21. The van der Waals surface area contributed by atoms with Crippen LogP contribution in [0.25, 0.3) is 0 Å². The van der Waals surface area contributed by atoms with Gasteiger partial charge in [0, 0.05) is 6.54 Å². The van der Waals surface area contributed by atoms with Crippen molar-refractivity contribution in [3.63, 3.8) is 0 Å². The van der Waals surface area contributed by atoms with Gasteiger partial charge in [-0.3, -0.25) is 4.79 Å². The highest BCUT2D eigenvalue weighted by molar-refractivity contribution is 5.75. The van der Waals surface area contributed by atoms with Crippen molar-refractivity contribution >= 4 is 12.1 Å². The van der Waals surface area contributed by atoms with E-state index in [1.807, 2.05) is 45.0 Å². The number of hydrogen-bond acceptors (Lipinski definition) is 3. The predicted molar refractivity (Wildman–Crippen MR) is 78.0 cm³/mol. The Balaban J connectivity index is 1.83. The molecule has 1 fully saturated rings. The Morgan fingerprint density at radius 3 is 2.38 bits per heavy atom. The van der Waals surface area contributed by atoms with E-state index < -0.39 is 17.7 Å². The first-order valence-electron chi connectivity index (χ1n) is 7.05. The summed E-state index contributed by atoms with van der Waals surface area (Å²) in [5.74, 6) is -0.832. The lowest BCUT2D eigenvalue weighted by Gasteiger charge is -2.19. The van der Waals surface area contributed by atoms with Crippen LogP contribution in [-0.2, 0) is 16.1 Å². The first-order valence-corrected chi connectivity index (χ1v) is 7.05. The van der Waals surface area contributed by atoms with Gasteiger partial charge < -0.3 is 15.2 Å². The molecule has 0 bridgehead atoms. The van der Waals surface area contributed by atoms with Crippen LogP contribution in [-0.4, -0.2) is 22.8 Å². The molecule has 0 heterocycles. The van der Waals surface area contributed by atoms with Crippen molar-refractivity contribution in [1.82, 2.24) is 5.32 Å². The molecule has 0 aromatic heterocycles. The van der Waals surface area contributed by atoms with E-state index >= 15 is 0 Å². The number of aliphatic carboxylic acids is 1. The lowest BCUT2D eigenvalue weighted by molar-refractivity contribution is -0.138. The molecule has 2 N–H and O–H groups in total. The van der Waals surface area contributed by atoms with E-state index in [1.54, 1.807) is 0 Å². The number of carboxylic acid groups (broad SMARTS) is 1. The van der Waals surface area contributed by atoms with Gasteiger partial charge in [0.15, 0.2) is 0 Å². The summed E-state index contributed by atoms with van der Waals surface area (Å²) < 4.78 is 5.16. The van der Waals surface area contributed by atoms with E-state index in [1.165, 1.54) is 0 Å². The summed E-state index contributed by atoms with van der Waals surface area (Å²) in [6.07, 6.45) is 0.268. The zero-order valence-electron chi connectivity index (χ0n) is 12.6. The van der Waals surface area contributed by atoms with Crippen LogP contribution in [0.4, 0.5) is 4.79 Å². The molecule has 114 valence electrons. The van der Waals surface area contributed by atoms with Crippen molar-refractivity contribution in [3.8, 4) is 0 Å². The fourth-order valence-corrected chi connectivity index (χ4v) is 2.21. The van der Waals surface area contributed by atoms with Crippen LogP contribution in [0.5, 0.6) is 0 Å². The average molecular weight is 291 g/mol. The SMILES string of the molecule is CC(C)(C)OC(=O)NCc1ccc([C@@H]2C[C@H]2C(=O)O)cc1. The second-order valence-corrected chi connectivity index (χ2v) is 6.38. The summed E-state index contributed by atoms with van der Waals surface area (Å²) in [4.78, 5) is 22.4. The van der Waals surface area contributed by atoms with Crippen LogP contribution in [0.2, 0.25) is 0 Å². The maximum absolute atomic E-state index is 11.5. The molecule has 5 nitrogen and oxygen atoms in total. The minimum atomic E-state index is -0.726. The van der Waals surface area contributed by atoms with Crippen molar-refractivity contribution in [2.75, 3.05) is 0 Å². The molecule has 1 aliphatic rings. The maximum Gasteiger partial charge on any atom is 0.407 e. The van der Waals surface area contributed by atoms with E-state index in [2.05, 4.69) is 5.32 Å². The Bertz CT molecular complexity index is 530. The Labute approximate surface area is 124 Å². The number of hydrogen-bond donors (Lipinski definition) is 2. The van der Waals surface area contributed by atoms with E-state index in [4.69, 9.17) is 9.84 Å². The number of carbonyl (C=O) groups is 2. The molecule has 5 heteroatoms. The summed E-state index contributed by atoms with van der Waals surface area (Å²) in [6.45, 7) is 5.84. The summed E-state index contributed by atoms with van der Waals surface area (Å²) in [6, 6.07) is 7.67. The van der Waals surface area contributed by atoms with Crippen molar-refractivity contribution in [2.24, 2.45) is 5.92 Å². The lowest BCUT2D eigenvalue weighted by atomic mass is 10.1. The van der Waals surface area contributed by atoms with Gasteiger partial charge >= 0.3 is 12.1 Å². The van der Waals surface area contributed by atoms with Crippen LogP contribution in [0.3, 0.4) is 0 Å². The molecule has 1 saturated carbocycles. The highest BCUT2D eigenvalue weighted by Gasteiger charge is 2.43. The topological polar surface area (TPSA) is 75.6 Å². The highest BCUT2D eigenvalue weighted by atomic mass is 16.6. The zero-order chi connectivity index (χ0) is 15.6. The summed E-state index contributed by atoms with van der Waals surface area (Å²) in [7, 11) is 0. The third-order valence-electron chi connectivity index (χ3n) is 3.35. The molecule has 1 amide bonds. The fraction of sp³-hybridized carbons (Fsp3) is 0.500. The third kappa shape index (κ3) is 4.48. The average Bonchev–Trinajstić information content (AvgIpc) is 3.15. The normalized spacial score (nSPS) is 20.7. The zero-order valence-corrected chi connectivity index (χ0v) is 12.6. The van der Waals surface area contributed by atoms with Crippen molar-refractivity contribution in [2.45, 2.75) is 45.3 Å². The van der Waals surface area contributed by atoms with Crippen molar-refractivity contribution < 1.29 is 19.4 Å². The van der Waals surface area contributed by atoms with Gasteiger partial charge in [-0.1, -0.05) is 24.3 Å². The quantitative estimate of drug-likeness (QED) is 0.894. The minimum Gasteiger partial charge on any atom is -0.481 e. The predicted octanol–water partition coefficient (Wildman–Crippen LogP) is 2.90. The summed E-state index contributed by atoms with van der Waals surface area (Å²) >= 11 is 0. The second-order valence-electron chi connectivity index (χ2n) is 6.38. The van der Waals surface area contributed by atoms with E-state index in [9.17, 15) is 9.59 Å². The van der Waals surface area contributed by atoms with E-state index in [-0.39, 0.29) is 11.8 Å². The molecule has 1 aromatic rings. The molecule has 0 aliphatic heterocycles. The molecule has 0 spiro atoms. The molecule has 1 aromatic carbocycles. The number of nitrogens with one attached hydrogen (secondary N) is 1. The van der Waals surface area contributed by atoms with Crippen molar-refractivity contribution in [1.29, 1.82) is 0 Å².